The van der Waals surface area contributed by atoms with Crippen molar-refractivity contribution in [2.24, 2.45) is 5.10 Å². The van der Waals surface area contributed by atoms with Crippen molar-refractivity contribution in [3.05, 3.63) is 29.8 Å². The molecule has 0 radical (unpaired) electrons. The maximum absolute atomic E-state index is 11.9. The van der Waals surface area contributed by atoms with Gasteiger partial charge < -0.3 is 5.11 Å². The molecule has 1 aromatic carbocycles. The molecular weight excluding hydrogens is 282 g/mol. The van der Waals surface area contributed by atoms with Crippen molar-refractivity contribution < 1.29 is 19.9 Å². The Hall–Kier alpha value is -2.06. The molecule has 2 rings (SSSR count). The first-order valence-electron chi connectivity index (χ1n) is 5.66. The van der Waals surface area contributed by atoms with Gasteiger partial charge in [0.15, 0.2) is 5.54 Å². The lowest BCUT2D eigenvalue weighted by atomic mass is 9.90. The average molecular weight is 295 g/mol. The van der Waals surface area contributed by atoms with E-state index in [1.54, 1.807) is 23.9 Å². The summed E-state index contributed by atoms with van der Waals surface area (Å²) in [5.41, 5.74) is 1.14. The molecule has 0 bridgehead atoms. The van der Waals surface area contributed by atoms with Gasteiger partial charge in [0.2, 0.25) is 0 Å². The highest BCUT2D eigenvalue weighted by molar-refractivity contribution is 7.98. The Kier molecular flexibility index (Phi) is 3.69. The van der Waals surface area contributed by atoms with E-state index in [4.69, 9.17) is 5.11 Å². The van der Waals surface area contributed by atoms with Gasteiger partial charge in [0.05, 0.1) is 0 Å². The SMILES string of the molecule is CSc1ccc(C2=NNC(=O)C2(C)N(O)C(=O)O)cc1. The number of carbonyl (C=O) groups is 2. The first-order valence-corrected chi connectivity index (χ1v) is 6.88. The number of rotatable bonds is 3. The lowest BCUT2D eigenvalue weighted by Gasteiger charge is -2.29. The molecule has 1 atom stereocenters. The summed E-state index contributed by atoms with van der Waals surface area (Å²) in [5, 5.41) is 22.4. The molecule has 1 aliphatic heterocycles. The summed E-state index contributed by atoms with van der Waals surface area (Å²) < 4.78 is 0. The van der Waals surface area contributed by atoms with Crippen LogP contribution in [0.2, 0.25) is 0 Å². The largest absolute Gasteiger partial charge is 0.463 e. The van der Waals surface area contributed by atoms with Crippen molar-refractivity contribution in [1.82, 2.24) is 10.5 Å². The van der Waals surface area contributed by atoms with Gasteiger partial charge in [-0.15, -0.1) is 11.8 Å². The number of hydrogen-bond donors (Lipinski definition) is 3. The zero-order valence-electron chi connectivity index (χ0n) is 10.8. The third-order valence-corrected chi connectivity index (χ3v) is 3.88. The van der Waals surface area contributed by atoms with Gasteiger partial charge in [0.25, 0.3) is 5.91 Å². The van der Waals surface area contributed by atoms with Crippen LogP contribution in [0.15, 0.2) is 34.3 Å². The van der Waals surface area contributed by atoms with Crippen molar-refractivity contribution in [2.75, 3.05) is 6.26 Å². The van der Waals surface area contributed by atoms with Crippen molar-refractivity contribution in [3.63, 3.8) is 0 Å². The van der Waals surface area contributed by atoms with Crippen LogP contribution in [0.1, 0.15) is 12.5 Å². The number of thioether (sulfide) groups is 1. The van der Waals surface area contributed by atoms with Crippen LogP contribution in [0.4, 0.5) is 4.79 Å². The molecule has 1 unspecified atom stereocenters. The highest BCUT2D eigenvalue weighted by atomic mass is 32.2. The number of carbonyl (C=O) groups excluding carboxylic acids is 1. The van der Waals surface area contributed by atoms with E-state index < -0.39 is 17.5 Å². The third kappa shape index (κ3) is 2.12. The molecule has 0 spiro atoms. The maximum atomic E-state index is 11.9. The van der Waals surface area contributed by atoms with Crippen LogP contribution in [-0.2, 0) is 4.79 Å². The molecule has 0 aliphatic carbocycles. The minimum Gasteiger partial charge on any atom is -0.463 e. The molecule has 1 heterocycles. The van der Waals surface area contributed by atoms with Gasteiger partial charge in [-0.05, 0) is 25.3 Å². The summed E-state index contributed by atoms with van der Waals surface area (Å²) in [4.78, 5) is 23.8. The van der Waals surface area contributed by atoms with E-state index in [0.717, 1.165) is 4.90 Å². The van der Waals surface area contributed by atoms with Crippen molar-refractivity contribution >= 4 is 29.5 Å². The number of benzene rings is 1. The summed E-state index contributed by atoms with van der Waals surface area (Å²) in [7, 11) is 0. The average Bonchev–Trinajstić information content (AvgIpc) is 2.75. The molecule has 3 N–H and O–H groups in total. The summed E-state index contributed by atoms with van der Waals surface area (Å²) in [6, 6.07) is 7.10. The minimum atomic E-state index is -1.77. The smallest absolute Gasteiger partial charge is 0.432 e. The van der Waals surface area contributed by atoms with Crippen LogP contribution >= 0.6 is 11.8 Å². The van der Waals surface area contributed by atoms with E-state index in [1.807, 2.05) is 18.4 Å². The number of hydrazone groups is 1. The number of carboxylic acid groups (broad SMARTS) is 1. The van der Waals surface area contributed by atoms with Crippen molar-refractivity contribution in [1.29, 1.82) is 0 Å². The first kappa shape index (κ1) is 14.4. The predicted octanol–water partition coefficient (Wildman–Crippen LogP) is 1.37. The Morgan fingerprint density at radius 3 is 2.50 bits per heavy atom. The van der Waals surface area contributed by atoms with E-state index in [0.29, 0.717) is 5.56 Å². The summed E-state index contributed by atoms with van der Waals surface area (Å²) in [6.07, 6.45) is 0.301. The number of nitrogens with one attached hydrogen (secondary N) is 1. The second-order valence-electron chi connectivity index (χ2n) is 4.30. The molecule has 7 nitrogen and oxygen atoms in total. The normalized spacial score (nSPS) is 21.4. The van der Waals surface area contributed by atoms with Crippen LogP contribution in [0, 0.1) is 0 Å². The summed E-state index contributed by atoms with van der Waals surface area (Å²) in [6.45, 7) is 1.30. The molecule has 1 aliphatic rings. The lowest BCUT2D eigenvalue weighted by molar-refractivity contribution is -0.148. The number of hydrogen-bond acceptors (Lipinski definition) is 5. The molecular formula is C12H13N3O4S. The molecule has 0 saturated heterocycles. The van der Waals surface area contributed by atoms with E-state index >= 15 is 0 Å². The van der Waals surface area contributed by atoms with Gasteiger partial charge in [-0.25, -0.2) is 10.2 Å². The van der Waals surface area contributed by atoms with Gasteiger partial charge in [-0.1, -0.05) is 12.1 Å². The molecule has 0 fully saturated rings. The number of hydroxylamine groups is 2. The standard InChI is InChI=1S/C12H13N3O4S/c1-12(15(19)11(17)18)9(13-14-10(12)16)7-3-5-8(20-2)6-4-7/h3-6,19H,1-2H3,(H,14,16)(H,17,18). The second-order valence-corrected chi connectivity index (χ2v) is 5.18. The van der Waals surface area contributed by atoms with Crippen LogP contribution in [-0.4, -0.2) is 44.9 Å². The Balaban J connectivity index is 2.43. The molecule has 1 aromatic rings. The van der Waals surface area contributed by atoms with E-state index in [1.165, 1.54) is 6.92 Å². The number of nitrogens with zero attached hydrogens (tertiary/aromatic N) is 2. The van der Waals surface area contributed by atoms with Gasteiger partial charge in [-0.3, -0.25) is 10.0 Å². The fourth-order valence-corrected chi connectivity index (χ4v) is 2.32. The molecule has 0 aromatic heterocycles. The van der Waals surface area contributed by atoms with Crippen LogP contribution in [0.25, 0.3) is 0 Å². The fourth-order valence-electron chi connectivity index (χ4n) is 1.91. The highest BCUT2D eigenvalue weighted by Gasteiger charge is 2.51. The predicted molar refractivity (Wildman–Crippen MR) is 73.0 cm³/mol. The molecule has 8 heteroatoms. The third-order valence-electron chi connectivity index (χ3n) is 3.14. The van der Waals surface area contributed by atoms with E-state index in [-0.39, 0.29) is 10.8 Å². The van der Waals surface area contributed by atoms with Crippen molar-refractivity contribution in [2.45, 2.75) is 17.4 Å². The van der Waals surface area contributed by atoms with Gasteiger partial charge in [0.1, 0.15) is 5.71 Å². The van der Waals surface area contributed by atoms with Crippen molar-refractivity contribution in [3.8, 4) is 0 Å². The topological polar surface area (TPSA) is 102 Å². The zero-order valence-corrected chi connectivity index (χ0v) is 11.6. The molecule has 20 heavy (non-hydrogen) atoms. The second kappa shape index (κ2) is 5.14. The molecule has 0 saturated carbocycles. The Morgan fingerprint density at radius 1 is 1.40 bits per heavy atom. The zero-order chi connectivity index (χ0) is 14.9. The summed E-state index contributed by atoms with van der Waals surface area (Å²) >= 11 is 1.56. The lowest BCUT2D eigenvalue weighted by Crippen LogP contribution is -2.57. The monoisotopic (exact) mass is 295 g/mol. The van der Waals surface area contributed by atoms with E-state index in [9.17, 15) is 14.8 Å². The first-order chi connectivity index (χ1) is 9.41. The quantitative estimate of drug-likeness (QED) is 0.444. The fraction of sp³-hybridized carbons (Fsp3) is 0.250. The van der Waals surface area contributed by atoms with Crippen LogP contribution < -0.4 is 5.43 Å². The molecule has 106 valence electrons. The Morgan fingerprint density at radius 2 is 2.00 bits per heavy atom. The Labute approximate surface area is 119 Å². The molecule has 2 amide bonds. The summed E-state index contributed by atoms with van der Waals surface area (Å²) in [5.74, 6) is -0.702. The maximum Gasteiger partial charge on any atom is 0.432 e. The highest BCUT2D eigenvalue weighted by Crippen LogP contribution is 2.26. The minimum absolute atomic E-state index is 0.0311. The van der Waals surface area contributed by atoms with E-state index in [2.05, 4.69) is 10.5 Å². The Bertz CT molecular complexity index is 587. The van der Waals surface area contributed by atoms with Gasteiger partial charge >= 0.3 is 6.09 Å². The van der Waals surface area contributed by atoms with Gasteiger partial charge in [0, 0.05) is 10.5 Å². The number of amides is 2. The van der Waals surface area contributed by atoms with Gasteiger partial charge in [-0.2, -0.15) is 10.2 Å². The van der Waals surface area contributed by atoms with Crippen LogP contribution in [0.5, 0.6) is 0 Å². The van der Waals surface area contributed by atoms with Crippen LogP contribution in [0.3, 0.4) is 0 Å².